The summed E-state index contributed by atoms with van der Waals surface area (Å²) in [6.45, 7) is 6.64. The average molecular weight is 408 g/mol. The van der Waals surface area contributed by atoms with Crippen LogP contribution in [0, 0.1) is 0 Å². The normalized spacial score (nSPS) is 17.7. The molecule has 2 atom stereocenters. The number of para-hydroxylation sites is 1. The number of hydrogen-bond donors (Lipinski definition) is 2. The van der Waals surface area contributed by atoms with Gasteiger partial charge in [-0.15, -0.1) is 0 Å². The van der Waals surface area contributed by atoms with Crippen LogP contribution in [0.4, 0.5) is 0 Å². The minimum atomic E-state index is -1.16. The second-order valence-corrected chi connectivity index (χ2v) is 7.75. The number of nitrogens with one attached hydrogen (secondary N) is 1. The van der Waals surface area contributed by atoms with Gasteiger partial charge in [-0.1, -0.05) is 37.3 Å². The van der Waals surface area contributed by atoms with Gasteiger partial charge in [0.05, 0.1) is 13.2 Å². The first-order chi connectivity index (χ1) is 14.6. The molecule has 0 spiro atoms. The molecule has 3 aromatic rings. The fourth-order valence-corrected chi connectivity index (χ4v) is 4.33. The van der Waals surface area contributed by atoms with Crippen molar-refractivity contribution in [3.63, 3.8) is 0 Å². The second-order valence-electron chi connectivity index (χ2n) is 7.75. The van der Waals surface area contributed by atoms with E-state index < -0.39 is 12.1 Å². The lowest BCUT2D eigenvalue weighted by molar-refractivity contribution is 0.0199. The number of carbonyl (C=O) groups is 1. The van der Waals surface area contributed by atoms with E-state index in [2.05, 4.69) is 21.7 Å². The number of benzene rings is 2. The molecule has 0 unspecified atom stereocenters. The number of ether oxygens (including phenoxy) is 1. The summed E-state index contributed by atoms with van der Waals surface area (Å²) < 4.78 is 5.28. The zero-order valence-corrected chi connectivity index (χ0v) is 17.5. The lowest BCUT2D eigenvalue weighted by Crippen LogP contribution is -2.51. The maximum Gasteiger partial charge on any atom is 0.195 e. The van der Waals surface area contributed by atoms with E-state index in [1.54, 1.807) is 13.3 Å². The number of fused-ring (bicyclic) bond motifs is 1. The van der Waals surface area contributed by atoms with Crippen LogP contribution in [0.15, 0.2) is 54.7 Å². The third-order valence-electron chi connectivity index (χ3n) is 6.13. The summed E-state index contributed by atoms with van der Waals surface area (Å²) in [6.07, 6.45) is 0.543. The summed E-state index contributed by atoms with van der Waals surface area (Å²) >= 11 is 0. The lowest BCUT2D eigenvalue weighted by Gasteiger charge is -2.40. The minimum Gasteiger partial charge on any atom is -0.497 e. The Morgan fingerprint density at radius 2 is 1.80 bits per heavy atom. The van der Waals surface area contributed by atoms with Crippen molar-refractivity contribution < 1.29 is 14.6 Å². The number of rotatable bonds is 7. The number of piperazine rings is 1. The molecule has 6 nitrogen and oxygen atoms in total. The maximum atomic E-state index is 13.4. The van der Waals surface area contributed by atoms with Crippen molar-refractivity contribution >= 4 is 16.7 Å². The van der Waals surface area contributed by atoms with E-state index in [1.807, 2.05) is 48.5 Å². The van der Waals surface area contributed by atoms with E-state index in [4.69, 9.17) is 4.74 Å². The van der Waals surface area contributed by atoms with E-state index in [1.165, 1.54) is 0 Å². The number of hydrogen-bond acceptors (Lipinski definition) is 5. The average Bonchev–Trinajstić information content (AvgIpc) is 3.24. The summed E-state index contributed by atoms with van der Waals surface area (Å²) in [5, 5.41) is 12.2. The highest BCUT2D eigenvalue weighted by Gasteiger charge is 2.35. The zero-order valence-electron chi connectivity index (χ0n) is 17.5. The highest BCUT2D eigenvalue weighted by Crippen LogP contribution is 2.30. The molecule has 2 heterocycles. The van der Waals surface area contributed by atoms with Crippen molar-refractivity contribution in [2.45, 2.75) is 19.1 Å². The van der Waals surface area contributed by atoms with Crippen LogP contribution in [0.2, 0.25) is 0 Å². The Morgan fingerprint density at radius 1 is 1.10 bits per heavy atom. The Balaban J connectivity index is 1.66. The third kappa shape index (κ3) is 3.99. The van der Waals surface area contributed by atoms with E-state index >= 15 is 0 Å². The molecule has 1 saturated heterocycles. The van der Waals surface area contributed by atoms with Gasteiger partial charge < -0.3 is 19.7 Å². The second kappa shape index (κ2) is 9.00. The van der Waals surface area contributed by atoms with Gasteiger partial charge in [0.1, 0.15) is 11.9 Å². The van der Waals surface area contributed by atoms with E-state index in [0.717, 1.165) is 54.9 Å². The summed E-state index contributed by atoms with van der Waals surface area (Å²) in [5.74, 6) is 0.497. The molecule has 1 aromatic heterocycles. The van der Waals surface area contributed by atoms with Crippen LogP contribution in [0.1, 0.15) is 28.9 Å². The molecular formula is C24H29N3O3. The van der Waals surface area contributed by atoms with Crippen molar-refractivity contribution in [2.24, 2.45) is 0 Å². The quantitative estimate of drug-likeness (QED) is 0.589. The Kier molecular flexibility index (Phi) is 6.18. The van der Waals surface area contributed by atoms with Crippen molar-refractivity contribution in [1.82, 2.24) is 14.8 Å². The van der Waals surface area contributed by atoms with Crippen LogP contribution in [-0.2, 0) is 0 Å². The van der Waals surface area contributed by atoms with Crippen LogP contribution >= 0.6 is 0 Å². The van der Waals surface area contributed by atoms with Crippen LogP contribution in [0.25, 0.3) is 10.9 Å². The first kappa shape index (κ1) is 20.6. The first-order valence-electron chi connectivity index (χ1n) is 10.5. The summed E-state index contributed by atoms with van der Waals surface area (Å²) in [4.78, 5) is 21.1. The number of aliphatic hydroxyl groups is 1. The number of methoxy groups -OCH3 is 1. The predicted octanol–water partition coefficient (Wildman–Crippen LogP) is 3.10. The van der Waals surface area contributed by atoms with Crippen LogP contribution < -0.4 is 4.74 Å². The number of ketones is 1. The molecule has 30 heavy (non-hydrogen) atoms. The largest absolute Gasteiger partial charge is 0.497 e. The van der Waals surface area contributed by atoms with E-state index in [0.29, 0.717) is 5.56 Å². The highest BCUT2D eigenvalue weighted by molar-refractivity contribution is 6.10. The SMILES string of the molecule is CCN1CCN([C@H](c2ccc(OC)cc2)[C@H](O)C(=O)c2c[nH]c3ccccc23)CC1. The molecule has 2 N–H and O–H groups in total. The van der Waals surface area contributed by atoms with Gasteiger partial charge >= 0.3 is 0 Å². The van der Waals surface area contributed by atoms with Crippen LogP contribution in [0.5, 0.6) is 5.75 Å². The van der Waals surface area contributed by atoms with Gasteiger partial charge in [0.15, 0.2) is 5.78 Å². The third-order valence-corrected chi connectivity index (χ3v) is 6.13. The number of nitrogens with zero attached hydrogens (tertiary/aromatic N) is 2. The van der Waals surface area contributed by atoms with E-state index in [-0.39, 0.29) is 5.78 Å². The molecule has 0 saturated carbocycles. The van der Waals surface area contributed by atoms with Gasteiger partial charge in [-0.3, -0.25) is 9.69 Å². The Labute approximate surface area is 177 Å². The Hall–Kier alpha value is -2.67. The molecule has 0 bridgehead atoms. The monoisotopic (exact) mass is 407 g/mol. The molecule has 0 amide bonds. The molecule has 1 aliphatic rings. The van der Waals surface area contributed by atoms with Gasteiger partial charge in [-0.05, 0) is 30.3 Å². The lowest BCUT2D eigenvalue weighted by atomic mass is 9.93. The molecule has 1 fully saturated rings. The molecule has 4 rings (SSSR count). The first-order valence-corrected chi connectivity index (χ1v) is 10.5. The van der Waals surface area contributed by atoms with Crippen molar-refractivity contribution in [3.8, 4) is 5.75 Å². The summed E-state index contributed by atoms with van der Waals surface area (Å²) in [6, 6.07) is 14.9. The summed E-state index contributed by atoms with van der Waals surface area (Å²) in [7, 11) is 1.63. The predicted molar refractivity (Wildman–Crippen MR) is 118 cm³/mol. The molecule has 6 heteroatoms. The minimum absolute atomic E-state index is 0.258. The number of Topliss-reactive ketones (excluding diaryl/α,β-unsaturated/α-hetero) is 1. The maximum absolute atomic E-state index is 13.4. The highest BCUT2D eigenvalue weighted by atomic mass is 16.5. The van der Waals surface area contributed by atoms with Crippen LogP contribution in [0.3, 0.4) is 0 Å². The number of H-pyrrole nitrogens is 1. The van der Waals surface area contributed by atoms with Crippen molar-refractivity contribution in [2.75, 3.05) is 39.8 Å². The molecule has 0 aliphatic carbocycles. The van der Waals surface area contributed by atoms with Gasteiger partial charge in [0.2, 0.25) is 0 Å². The Morgan fingerprint density at radius 3 is 2.47 bits per heavy atom. The smallest absolute Gasteiger partial charge is 0.195 e. The fourth-order valence-electron chi connectivity index (χ4n) is 4.33. The van der Waals surface area contributed by atoms with Gasteiger partial charge in [0.25, 0.3) is 0 Å². The molecule has 0 radical (unpaired) electrons. The number of aromatic nitrogens is 1. The zero-order chi connectivity index (χ0) is 21.1. The molecule has 1 aliphatic heterocycles. The van der Waals surface area contributed by atoms with Crippen molar-refractivity contribution in [3.05, 3.63) is 65.9 Å². The molecular weight excluding hydrogens is 378 g/mol. The topological polar surface area (TPSA) is 68.8 Å². The number of carbonyl (C=O) groups excluding carboxylic acids is 1. The van der Waals surface area contributed by atoms with Gasteiger partial charge in [0, 0.05) is 48.8 Å². The standard InChI is InChI=1S/C24H29N3O3/c1-3-26-12-14-27(15-13-26)22(17-8-10-18(30-2)11-9-17)24(29)23(28)20-16-25-21-7-5-4-6-19(20)21/h4-11,16,22,24-25,29H,3,12-15H2,1-2H3/t22-,24+/m1/s1. The van der Waals surface area contributed by atoms with Gasteiger partial charge in [-0.25, -0.2) is 0 Å². The van der Waals surface area contributed by atoms with Gasteiger partial charge in [-0.2, -0.15) is 0 Å². The summed E-state index contributed by atoms with van der Waals surface area (Å²) in [5.41, 5.74) is 2.34. The number of aliphatic hydroxyl groups excluding tert-OH is 1. The number of likely N-dealkylation sites (N-methyl/N-ethyl adjacent to an activating group) is 1. The van der Waals surface area contributed by atoms with E-state index in [9.17, 15) is 9.90 Å². The fraction of sp³-hybridized carbons (Fsp3) is 0.375. The number of aromatic amines is 1. The van der Waals surface area contributed by atoms with Crippen molar-refractivity contribution in [1.29, 1.82) is 0 Å². The molecule has 158 valence electrons. The van der Waals surface area contributed by atoms with Crippen LogP contribution in [-0.4, -0.2) is 71.6 Å². The molecule has 2 aromatic carbocycles. The Bertz CT molecular complexity index is 990.